The zero-order valence-electron chi connectivity index (χ0n) is 11.5. The van der Waals surface area contributed by atoms with Crippen LogP contribution in [0.15, 0.2) is 29.2 Å². The fourth-order valence-corrected chi connectivity index (χ4v) is 3.35. The number of hydrogen-bond acceptors (Lipinski definition) is 3. The molecule has 0 radical (unpaired) electrons. The number of aryl methyl sites for hydroxylation is 2. The Kier molecular flexibility index (Phi) is 4.50. The Morgan fingerprint density at radius 3 is 2.65 bits per heavy atom. The molecule has 1 heterocycles. The molecule has 2 nitrogen and oxygen atoms in total. The van der Waals surface area contributed by atoms with Gasteiger partial charge in [0.2, 0.25) is 0 Å². The first-order chi connectivity index (χ1) is 9.38. The van der Waals surface area contributed by atoms with Crippen LogP contribution in [-0.2, 0) is 0 Å². The first kappa shape index (κ1) is 15.1. The number of thiophene rings is 1. The van der Waals surface area contributed by atoms with Gasteiger partial charge in [0.05, 0.1) is 11.6 Å². The second kappa shape index (κ2) is 5.97. The molecule has 2 aromatic rings. The summed E-state index contributed by atoms with van der Waals surface area (Å²) < 4.78 is 13.7. The first-order valence-electron chi connectivity index (χ1n) is 6.25. The number of thiol groups is 1. The van der Waals surface area contributed by atoms with E-state index in [1.807, 2.05) is 20.8 Å². The topological polar surface area (TPSA) is 29.1 Å². The number of rotatable bonds is 3. The van der Waals surface area contributed by atoms with Gasteiger partial charge in [0.25, 0.3) is 5.91 Å². The van der Waals surface area contributed by atoms with Crippen LogP contribution >= 0.6 is 24.0 Å². The molecule has 0 saturated carbocycles. The van der Waals surface area contributed by atoms with Gasteiger partial charge >= 0.3 is 0 Å². The van der Waals surface area contributed by atoms with Crippen LogP contribution in [0, 0.1) is 19.7 Å². The SMILES string of the molecule is Cc1cc(C(C)NC(=O)c2cc(S)ccc2F)c(C)s1. The number of benzene rings is 1. The van der Waals surface area contributed by atoms with E-state index >= 15 is 0 Å². The monoisotopic (exact) mass is 309 g/mol. The Bertz CT molecular complexity index is 651. The number of hydrogen-bond donors (Lipinski definition) is 2. The van der Waals surface area contributed by atoms with Crippen molar-refractivity contribution in [1.29, 1.82) is 0 Å². The van der Waals surface area contributed by atoms with E-state index < -0.39 is 11.7 Å². The summed E-state index contributed by atoms with van der Waals surface area (Å²) in [4.78, 5) is 15.1. The minimum absolute atomic E-state index is 0.0222. The molecular weight excluding hydrogens is 293 g/mol. The van der Waals surface area contributed by atoms with Gasteiger partial charge in [0, 0.05) is 14.6 Å². The molecule has 1 unspecified atom stereocenters. The summed E-state index contributed by atoms with van der Waals surface area (Å²) in [5, 5.41) is 2.83. The standard InChI is InChI=1S/C15H16FNOS2/c1-8-6-12(10(3)20-8)9(2)17-15(18)13-7-11(19)4-5-14(13)16/h4-7,9,19H,1-3H3,(H,17,18). The Balaban J connectivity index is 2.19. The summed E-state index contributed by atoms with van der Waals surface area (Å²) in [5.41, 5.74) is 1.09. The van der Waals surface area contributed by atoms with E-state index in [0.29, 0.717) is 4.90 Å². The molecule has 2 rings (SSSR count). The molecule has 1 amide bonds. The molecule has 0 bridgehead atoms. The van der Waals surface area contributed by atoms with Gasteiger partial charge < -0.3 is 5.32 Å². The highest BCUT2D eigenvalue weighted by atomic mass is 32.1. The molecule has 0 aliphatic rings. The number of halogens is 1. The zero-order chi connectivity index (χ0) is 14.9. The normalized spacial score (nSPS) is 12.2. The van der Waals surface area contributed by atoms with Gasteiger partial charge in [-0.05, 0) is 50.6 Å². The molecule has 106 valence electrons. The Morgan fingerprint density at radius 1 is 1.35 bits per heavy atom. The number of nitrogens with one attached hydrogen (secondary N) is 1. The van der Waals surface area contributed by atoms with Gasteiger partial charge in [-0.2, -0.15) is 0 Å². The Labute approximate surface area is 127 Å². The lowest BCUT2D eigenvalue weighted by Crippen LogP contribution is -2.27. The molecular formula is C15H16FNOS2. The van der Waals surface area contributed by atoms with Crippen molar-refractivity contribution in [2.75, 3.05) is 0 Å². The second-order valence-electron chi connectivity index (χ2n) is 4.73. The molecule has 1 N–H and O–H groups in total. The minimum Gasteiger partial charge on any atom is -0.345 e. The maximum Gasteiger partial charge on any atom is 0.254 e. The van der Waals surface area contributed by atoms with Gasteiger partial charge in [-0.15, -0.1) is 24.0 Å². The maximum atomic E-state index is 13.7. The van der Waals surface area contributed by atoms with Crippen LogP contribution in [0.1, 0.15) is 38.6 Å². The van der Waals surface area contributed by atoms with Crippen molar-refractivity contribution >= 4 is 29.9 Å². The number of amides is 1. The molecule has 0 aliphatic heterocycles. The van der Waals surface area contributed by atoms with Gasteiger partial charge in [-0.25, -0.2) is 4.39 Å². The fraction of sp³-hybridized carbons (Fsp3) is 0.267. The third-order valence-corrected chi connectivity index (χ3v) is 4.35. The Morgan fingerprint density at radius 2 is 2.05 bits per heavy atom. The van der Waals surface area contributed by atoms with Crippen molar-refractivity contribution in [2.45, 2.75) is 31.7 Å². The van der Waals surface area contributed by atoms with Gasteiger partial charge in [-0.1, -0.05) is 0 Å². The lowest BCUT2D eigenvalue weighted by Gasteiger charge is -2.14. The summed E-state index contributed by atoms with van der Waals surface area (Å²) >= 11 is 5.82. The third kappa shape index (κ3) is 3.22. The summed E-state index contributed by atoms with van der Waals surface area (Å²) in [6.45, 7) is 5.94. The van der Waals surface area contributed by atoms with Crippen LogP contribution < -0.4 is 5.32 Å². The molecule has 20 heavy (non-hydrogen) atoms. The summed E-state index contributed by atoms with van der Waals surface area (Å²) in [7, 11) is 0. The van der Waals surface area contributed by atoms with Crippen molar-refractivity contribution in [3.63, 3.8) is 0 Å². The number of carbonyl (C=O) groups is 1. The van der Waals surface area contributed by atoms with Crippen molar-refractivity contribution in [1.82, 2.24) is 5.32 Å². The quantitative estimate of drug-likeness (QED) is 0.814. The third-order valence-electron chi connectivity index (χ3n) is 3.09. The predicted octanol–water partition coefficient (Wildman–Crippen LogP) is 4.28. The summed E-state index contributed by atoms with van der Waals surface area (Å²) in [5.74, 6) is -0.958. The predicted molar refractivity (Wildman–Crippen MR) is 83.3 cm³/mol. The van der Waals surface area contributed by atoms with E-state index in [0.717, 1.165) is 5.56 Å². The summed E-state index contributed by atoms with van der Waals surface area (Å²) in [6, 6.07) is 6.10. The van der Waals surface area contributed by atoms with E-state index in [9.17, 15) is 9.18 Å². The molecule has 0 aliphatic carbocycles. The fourth-order valence-electron chi connectivity index (χ4n) is 2.12. The first-order valence-corrected chi connectivity index (χ1v) is 7.51. The molecule has 0 fully saturated rings. The molecule has 0 spiro atoms. The Hall–Kier alpha value is -1.33. The lowest BCUT2D eigenvalue weighted by atomic mass is 10.1. The molecule has 0 saturated heterocycles. The van der Waals surface area contributed by atoms with Crippen LogP contribution in [-0.4, -0.2) is 5.91 Å². The molecule has 5 heteroatoms. The van der Waals surface area contributed by atoms with Crippen molar-refractivity contribution in [3.8, 4) is 0 Å². The van der Waals surface area contributed by atoms with Crippen LogP contribution in [0.4, 0.5) is 4.39 Å². The largest absolute Gasteiger partial charge is 0.345 e. The second-order valence-corrected chi connectivity index (χ2v) is 6.70. The van der Waals surface area contributed by atoms with Crippen LogP contribution in [0.25, 0.3) is 0 Å². The average molecular weight is 309 g/mol. The lowest BCUT2D eigenvalue weighted by molar-refractivity contribution is 0.0935. The smallest absolute Gasteiger partial charge is 0.254 e. The number of carbonyl (C=O) groups excluding carboxylic acids is 1. The van der Waals surface area contributed by atoms with E-state index in [1.54, 1.807) is 11.3 Å². The highest BCUT2D eigenvalue weighted by Gasteiger charge is 2.17. The maximum absolute atomic E-state index is 13.7. The van der Waals surface area contributed by atoms with Gasteiger partial charge in [0.1, 0.15) is 5.82 Å². The van der Waals surface area contributed by atoms with E-state index in [1.165, 1.54) is 28.0 Å². The average Bonchev–Trinajstić information content (AvgIpc) is 2.71. The highest BCUT2D eigenvalue weighted by Crippen LogP contribution is 2.26. The van der Waals surface area contributed by atoms with Gasteiger partial charge in [-0.3, -0.25) is 4.79 Å². The van der Waals surface area contributed by atoms with E-state index in [4.69, 9.17) is 0 Å². The summed E-state index contributed by atoms with van der Waals surface area (Å²) in [6.07, 6.45) is 0. The van der Waals surface area contributed by atoms with Crippen LogP contribution in [0.3, 0.4) is 0 Å². The minimum atomic E-state index is -0.536. The molecule has 1 atom stereocenters. The van der Waals surface area contributed by atoms with Crippen molar-refractivity contribution in [2.24, 2.45) is 0 Å². The van der Waals surface area contributed by atoms with Crippen LogP contribution in [0.5, 0.6) is 0 Å². The molecule has 1 aromatic carbocycles. The van der Waals surface area contributed by atoms with Crippen molar-refractivity contribution < 1.29 is 9.18 Å². The van der Waals surface area contributed by atoms with Gasteiger partial charge in [0.15, 0.2) is 0 Å². The van der Waals surface area contributed by atoms with E-state index in [-0.39, 0.29) is 11.6 Å². The van der Waals surface area contributed by atoms with Crippen LogP contribution in [0.2, 0.25) is 0 Å². The zero-order valence-corrected chi connectivity index (χ0v) is 13.2. The van der Waals surface area contributed by atoms with Crippen molar-refractivity contribution in [3.05, 3.63) is 51.0 Å². The van der Waals surface area contributed by atoms with E-state index in [2.05, 4.69) is 24.0 Å². The molecule has 1 aromatic heterocycles. The highest BCUT2D eigenvalue weighted by molar-refractivity contribution is 7.80.